The van der Waals surface area contributed by atoms with Crippen LogP contribution in [-0.4, -0.2) is 43.4 Å². The van der Waals surface area contributed by atoms with E-state index in [2.05, 4.69) is 4.90 Å². The zero-order chi connectivity index (χ0) is 14.5. The van der Waals surface area contributed by atoms with E-state index in [1.165, 1.54) is 12.1 Å². The van der Waals surface area contributed by atoms with Gasteiger partial charge in [-0.3, -0.25) is 0 Å². The smallest absolute Gasteiger partial charge is 0.123 e. The summed E-state index contributed by atoms with van der Waals surface area (Å²) >= 11 is 0. The van der Waals surface area contributed by atoms with Crippen LogP contribution in [0.2, 0.25) is 0 Å². The number of hydrogen-bond donors (Lipinski definition) is 1. The lowest BCUT2D eigenvalue weighted by Crippen LogP contribution is -2.32. The number of rotatable bonds is 5. The molecule has 1 atom stereocenters. The molecular formula is C16H24FNO2. The third-order valence-corrected chi connectivity index (χ3v) is 3.99. The maximum atomic E-state index is 13.1. The normalized spacial score (nSPS) is 18.4. The highest BCUT2D eigenvalue weighted by atomic mass is 19.1. The second kappa shape index (κ2) is 7.16. The Bertz CT molecular complexity index is 432. The first kappa shape index (κ1) is 15.4. The van der Waals surface area contributed by atoms with Crippen LogP contribution >= 0.6 is 0 Å². The van der Waals surface area contributed by atoms with E-state index in [1.54, 1.807) is 6.07 Å². The molecule has 2 rings (SSSR count). The molecular weight excluding hydrogens is 257 g/mol. The summed E-state index contributed by atoms with van der Waals surface area (Å²) in [6, 6.07) is 4.55. The van der Waals surface area contributed by atoms with Gasteiger partial charge >= 0.3 is 0 Å². The summed E-state index contributed by atoms with van der Waals surface area (Å²) in [6.07, 6.45) is 1.62. The molecule has 4 heteroatoms. The minimum atomic E-state index is -0.569. The summed E-state index contributed by atoms with van der Waals surface area (Å²) in [4.78, 5) is 2.16. The first-order valence-corrected chi connectivity index (χ1v) is 7.26. The molecule has 3 nitrogen and oxygen atoms in total. The summed E-state index contributed by atoms with van der Waals surface area (Å²) in [6.45, 7) is 5.07. The summed E-state index contributed by atoms with van der Waals surface area (Å²) in [5.41, 5.74) is 1.61. The van der Waals surface area contributed by atoms with Crippen LogP contribution in [0.25, 0.3) is 0 Å². The average Bonchev–Trinajstić information content (AvgIpc) is 2.39. The van der Waals surface area contributed by atoms with Gasteiger partial charge in [-0.2, -0.15) is 0 Å². The number of hydrogen-bond acceptors (Lipinski definition) is 3. The zero-order valence-electron chi connectivity index (χ0n) is 12.3. The number of halogens is 1. The Kier molecular flexibility index (Phi) is 5.52. The molecule has 0 bridgehead atoms. The van der Waals surface area contributed by atoms with Crippen molar-refractivity contribution in [1.82, 2.24) is 4.90 Å². The van der Waals surface area contributed by atoms with Gasteiger partial charge in [0.1, 0.15) is 5.82 Å². The van der Waals surface area contributed by atoms with Crippen LogP contribution in [0.1, 0.15) is 30.1 Å². The molecule has 0 aliphatic carbocycles. The summed E-state index contributed by atoms with van der Waals surface area (Å²) in [5, 5.41) is 10.3. The molecule has 1 aliphatic heterocycles. The van der Waals surface area contributed by atoms with Crippen LogP contribution < -0.4 is 0 Å². The van der Waals surface area contributed by atoms with E-state index in [0.717, 1.165) is 43.7 Å². The van der Waals surface area contributed by atoms with Crippen molar-refractivity contribution in [1.29, 1.82) is 0 Å². The average molecular weight is 281 g/mol. The molecule has 112 valence electrons. The third kappa shape index (κ3) is 4.27. The van der Waals surface area contributed by atoms with Gasteiger partial charge in [0.25, 0.3) is 0 Å². The number of aliphatic hydroxyl groups excluding tert-OH is 1. The van der Waals surface area contributed by atoms with E-state index in [-0.39, 0.29) is 5.82 Å². The Labute approximate surface area is 120 Å². The molecule has 1 unspecified atom stereocenters. The van der Waals surface area contributed by atoms with Crippen molar-refractivity contribution in [2.75, 3.05) is 33.4 Å². The van der Waals surface area contributed by atoms with Crippen molar-refractivity contribution in [2.45, 2.75) is 25.9 Å². The number of aliphatic hydroxyl groups is 1. The number of ether oxygens (including phenoxy) is 1. The van der Waals surface area contributed by atoms with Crippen molar-refractivity contribution < 1.29 is 14.2 Å². The summed E-state index contributed by atoms with van der Waals surface area (Å²) < 4.78 is 18.4. The topological polar surface area (TPSA) is 32.7 Å². The molecule has 0 spiro atoms. The molecule has 1 fully saturated rings. The fraction of sp³-hybridized carbons (Fsp3) is 0.625. The number of aryl methyl sites for hydroxylation is 1. The second-order valence-electron chi connectivity index (χ2n) is 5.79. The third-order valence-electron chi connectivity index (χ3n) is 3.99. The van der Waals surface area contributed by atoms with Crippen LogP contribution in [0.4, 0.5) is 4.39 Å². The largest absolute Gasteiger partial charge is 0.387 e. The van der Waals surface area contributed by atoms with E-state index >= 15 is 0 Å². The van der Waals surface area contributed by atoms with E-state index in [4.69, 9.17) is 4.74 Å². The minimum absolute atomic E-state index is 0.256. The number of likely N-dealkylation sites (N-methyl/N-ethyl adjacent to an activating group) is 1. The van der Waals surface area contributed by atoms with E-state index < -0.39 is 6.10 Å². The Morgan fingerprint density at radius 2 is 2.10 bits per heavy atom. The van der Waals surface area contributed by atoms with Gasteiger partial charge in [-0.1, -0.05) is 6.07 Å². The fourth-order valence-corrected chi connectivity index (χ4v) is 2.85. The van der Waals surface area contributed by atoms with Crippen LogP contribution in [-0.2, 0) is 4.74 Å². The molecule has 0 saturated carbocycles. The minimum Gasteiger partial charge on any atom is -0.387 e. The SMILES string of the molecule is Cc1cc(F)ccc1C(O)CN(C)CC1CCOCC1. The molecule has 0 radical (unpaired) electrons. The van der Waals surface area contributed by atoms with Gasteiger partial charge in [0.05, 0.1) is 6.10 Å². The highest BCUT2D eigenvalue weighted by Gasteiger charge is 2.18. The highest BCUT2D eigenvalue weighted by Crippen LogP contribution is 2.21. The van der Waals surface area contributed by atoms with Crippen molar-refractivity contribution >= 4 is 0 Å². The van der Waals surface area contributed by atoms with Gasteiger partial charge in [-0.25, -0.2) is 4.39 Å². The van der Waals surface area contributed by atoms with Gasteiger partial charge in [0, 0.05) is 26.3 Å². The molecule has 1 aromatic rings. The van der Waals surface area contributed by atoms with E-state index in [1.807, 2.05) is 14.0 Å². The first-order valence-electron chi connectivity index (χ1n) is 7.26. The standard InChI is InChI=1S/C16H24FNO2/c1-12-9-14(17)3-4-15(12)16(19)11-18(2)10-13-5-7-20-8-6-13/h3-4,9,13,16,19H,5-8,10-11H2,1-2H3. The van der Waals surface area contributed by atoms with E-state index in [0.29, 0.717) is 12.5 Å². The lowest BCUT2D eigenvalue weighted by Gasteiger charge is -2.28. The van der Waals surface area contributed by atoms with Gasteiger partial charge in [0.15, 0.2) is 0 Å². The molecule has 1 aromatic carbocycles. The second-order valence-corrected chi connectivity index (χ2v) is 5.79. The molecule has 1 heterocycles. The molecule has 0 amide bonds. The molecule has 20 heavy (non-hydrogen) atoms. The number of nitrogens with zero attached hydrogens (tertiary/aromatic N) is 1. The Balaban J connectivity index is 1.87. The van der Waals surface area contributed by atoms with E-state index in [9.17, 15) is 9.50 Å². The molecule has 1 aliphatic rings. The Morgan fingerprint density at radius 1 is 1.40 bits per heavy atom. The predicted octanol–water partition coefficient (Wildman–Crippen LogP) is 2.53. The van der Waals surface area contributed by atoms with Crippen molar-refractivity contribution in [3.05, 3.63) is 35.1 Å². The molecule has 1 N–H and O–H groups in total. The lowest BCUT2D eigenvalue weighted by atomic mass is 9.99. The molecule has 0 aromatic heterocycles. The highest BCUT2D eigenvalue weighted by molar-refractivity contribution is 5.28. The maximum absolute atomic E-state index is 13.1. The van der Waals surface area contributed by atoms with Crippen molar-refractivity contribution in [3.63, 3.8) is 0 Å². The van der Waals surface area contributed by atoms with Crippen LogP contribution in [0.5, 0.6) is 0 Å². The molecule has 1 saturated heterocycles. The van der Waals surface area contributed by atoms with Gasteiger partial charge in [-0.15, -0.1) is 0 Å². The predicted molar refractivity (Wildman–Crippen MR) is 77.1 cm³/mol. The quantitative estimate of drug-likeness (QED) is 0.900. The Morgan fingerprint density at radius 3 is 2.75 bits per heavy atom. The fourth-order valence-electron chi connectivity index (χ4n) is 2.85. The summed E-state index contributed by atoms with van der Waals surface area (Å²) in [5.74, 6) is 0.393. The summed E-state index contributed by atoms with van der Waals surface area (Å²) in [7, 11) is 2.03. The van der Waals surface area contributed by atoms with Gasteiger partial charge in [0.2, 0.25) is 0 Å². The van der Waals surface area contributed by atoms with Crippen LogP contribution in [0.15, 0.2) is 18.2 Å². The Hall–Kier alpha value is -0.970. The zero-order valence-corrected chi connectivity index (χ0v) is 12.3. The lowest BCUT2D eigenvalue weighted by molar-refractivity contribution is 0.0477. The van der Waals surface area contributed by atoms with Crippen LogP contribution in [0, 0.1) is 18.7 Å². The monoisotopic (exact) mass is 281 g/mol. The maximum Gasteiger partial charge on any atom is 0.123 e. The van der Waals surface area contributed by atoms with Crippen LogP contribution in [0.3, 0.4) is 0 Å². The van der Waals surface area contributed by atoms with Crippen molar-refractivity contribution in [2.24, 2.45) is 5.92 Å². The van der Waals surface area contributed by atoms with Gasteiger partial charge < -0.3 is 14.7 Å². The first-order chi connectivity index (χ1) is 9.56. The van der Waals surface area contributed by atoms with Crippen molar-refractivity contribution in [3.8, 4) is 0 Å². The number of benzene rings is 1. The van der Waals surface area contributed by atoms with Gasteiger partial charge in [-0.05, 0) is 56.0 Å².